The fourth-order valence-electron chi connectivity index (χ4n) is 6.13. The second-order valence-corrected chi connectivity index (χ2v) is 11.7. The topological polar surface area (TPSA) is 0 Å². The van der Waals surface area contributed by atoms with Gasteiger partial charge < -0.3 is 14.9 Å². The van der Waals surface area contributed by atoms with Gasteiger partial charge in [0.15, 0.2) is 0 Å². The van der Waals surface area contributed by atoms with Crippen molar-refractivity contribution < 1.29 is 23.3 Å². The molecule has 0 fully saturated rings. The summed E-state index contributed by atoms with van der Waals surface area (Å²) in [5, 5.41) is 5.55. The van der Waals surface area contributed by atoms with Crippen LogP contribution in [0.5, 0.6) is 0 Å². The first kappa shape index (κ1) is 45.8. The van der Waals surface area contributed by atoms with Crippen LogP contribution in [0.1, 0.15) is 76.3 Å². The van der Waals surface area contributed by atoms with E-state index in [0.29, 0.717) is 0 Å². The van der Waals surface area contributed by atoms with Crippen LogP contribution < -0.4 is 0 Å². The quantitative estimate of drug-likeness (QED) is 0.0660. The van der Waals surface area contributed by atoms with Crippen molar-refractivity contribution in [1.82, 2.24) is 0 Å². The maximum atomic E-state index is 3.06. The van der Waals surface area contributed by atoms with Crippen LogP contribution in [0, 0.1) is 14.9 Å². The monoisotopic (exact) mass is 770 g/mol. The molecular formula is C44H54Cl2SiZr-4. The molecule has 0 saturated heterocycles. The Balaban J connectivity index is 0.000000811. The van der Waals surface area contributed by atoms with Crippen molar-refractivity contribution >= 4 is 53.2 Å². The van der Waals surface area contributed by atoms with Gasteiger partial charge in [-0.15, -0.1) is 93.9 Å². The predicted octanol–water partition coefficient (Wildman–Crippen LogP) is 14.1. The van der Waals surface area contributed by atoms with E-state index in [1.807, 2.05) is 0 Å². The predicted molar refractivity (Wildman–Crippen MR) is 219 cm³/mol. The minimum atomic E-state index is 0. The van der Waals surface area contributed by atoms with Crippen molar-refractivity contribution in [2.45, 2.75) is 78.1 Å². The molecule has 6 aromatic rings. The van der Waals surface area contributed by atoms with Crippen molar-refractivity contribution in [1.29, 1.82) is 0 Å². The molecule has 0 spiro atoms. The van der Waals surface area contributed by atoms with Gasteiger partial charge in [-0.2, -0.15) is 12.1 Å². The molecule has 0 heterocycles. The van der Waals surface area contributed by atoms with E-state index in [1.165, 1.54) is 142 Å². The van der Waals surface area contributed by atoms with Crippen LogP contribution in [0.25, 0.3) is 43.8 Å². The van der Waals surface area contributed by atoms with Crippen LogP contribution >= 0.6 is 24.8 Å². The van der Waals surface area contributed by atoms with E-state index in [9.17, 15) is 0 Å². The molecule has 6 rings (SSSR count). The zero-order valence-corrected chi connectivity index (χ0v) is 34.5. The summed E-state index contributed by atoms with van der Waals surface area (Å²) in [5.41, 5.74) is 8.31. The van der Waals surface area contributed by atoms with E-state index >= 15 is 0 Å². The van der Waals surface area contributed by atoms with E-state index in [-0.39, 0.29) is 39.7 Å². The molecule has 0 saturated carbocycles. The molecule has 2 radical (unpaired) electrons. The van der Waals surface area contributed by atoms with Gasteiger partial charge in [-0.05, 0) is 24.0 Å². The average Bonchev–Trinajstić information content (AvgIpc) is 3.71. The Morgan fingerprint density at radius 1 is 0.479 bits per heavy atom. The van der Waals surface area contributed by atoms with E-state index in [4.69, 9.17) is 0 Å². The van der Waals surface area contributed by atoms with E-state index < -0.39 is 0 Å². The van der Waals surface area contributed by atoms with Gasteiger partial charge in [-0.3, -0.25) is 0 Å². The van der Waals surface area contributed by atoms with Crippen molar-refractivity contribution in [2.75, 3.05) is 0 Å². The first-order valence-electron chi connectivity index (χ1n) is 16.5. The van der Waals surface area contributed by atoms with Gasteiger partial charge in [0.25, 0.3) is 0 Å². The molecule has 0 aromatic heterocycles. The van der Waals surface area contributed by atoms with Crippen molar-refractivity contribution in [2.24, 2.45) is 0 Å². The Kier molecular flexibility index (Phi) is 24.5. The number of rotatable bonds is 12. The van der Waals surface area contributed by atoms with Crippen LogP contribution in [0.2, 0.25) is 0 Å². The summed E-state index contributed by atoms with van der Waals surface area (Å²) in [5.74, 6) is 0. The molecule has 0 amide bonds. The number of hydrogen-bond donors (Lipinski definition) is 0. The number of fused-ring (bicyclic) bond motifs is 2. The van der Waals surface area contributed by atoms with Crippen LogP contribution in [-0.4, -0.2) is 6.88 Å². The van der Waals surface area contributed by atoms with E-state index in [1.54, 1.807) is 0 Å². The summed E-state index contributed by atoms with van der Waals surface area (Å²) in [6.07, 6.45) is 13.1. The third kappa shape index (κ3) is 13.2. The Morgan fingerprint density at radius 3 is 1.21 bits per heavy atom. The third-order valence-corrected chi connectivity index (χ3v) is 8.43. The summed E-state index contributed by atoms with van der Waals surface area (Å²) in [7, 11) is 0. The first-order chi connectivity index (χ1) is 21.8. The number of halogens is 2. The third-order valence-electron chi connectivity index (χ3n) is 8.43. The first-order valence-corrected chi connectivity index (χ1v) is 20.7. The van der Waals surface area contributed by atoms with Crippen molar-refractivity contribution in [3.63, 3.8) is 0 Å². The molecule has 0 atom stereocenters. The normalized spacial score (nSPS) is 9.77. The van der Waals surface area contributed by atoms with Crippen LogP contribution in [0.3, 0.4) is 0 Å². The molecule has 4 heteroatoms. The molecule has 0 nitrogen and oxygen atoms in total. The number of unbranched alkanes of at least 4 members (excludes halogenated alkanes) is 6. The van der Waals surface area contributed by atoms with Crippen LogP contribution in [0.4, 0.5) is 0 Å². The van der Waals surface area contributed by atoms with Gasteiger partial charge in [0, 0.05) is 0 Å². The van der Waals surface area contributed by atoms with Crippen molar-refractivity contribution in [3.05, 3.63) is 147 Å². The Bertz CT molecular complexity index is 1540. The summed E-state index contributed by atoms with van der Waals surface area (Å²) in [6, 6.07) is 44.2. The standard InChI is InChI=1S/2C21H23.2CH3.2ClH.Si.Zr/c2*1-2-3-4-6-10-17-15-19-13-9-14-20(21(19)16-17)18-11-7-5-8-12-18;;;;;;/h2*5,7-9,11-16H,2-4,6,10H2,1H3;2*1H3;2*1H;;/q4*-1;;;;. The van der Waals surface area contributed by atoms with Crippen LogP contribution in [0.15, 0.2) is 121 Å². The van der Waals surface area contributed by atoms with Gasteiger partial charge in [0.1, 0.15) is 0 Å². The molecule has 256 valence electrons. The Hall–Kier alpha value is -2.22. The molecule has 0 aliphatic rings. The molecule has 0 aliphatic carbocycles. The zero-order valence-electron chi connectivity index (χ0n) is 29.4. The molecular weight excluding hydrogens is 719 g/mol. The van der Waals surface area contributed by atoms with Gasteiger partial charge in [-0.25, -0.2) is 0 Å². The molecule has 0 unspecified atom stereocenters. The van der Waals surface area contributed by atoms with E-state index in [0.717, 1.165) is 0 Å². The fraction of sp³-hybridized carbons (Fsp3) is 0.273. The average molecular weight is 773 g/mol. The number of hydrogen-bond acceptors (Lipinski definition) is 0. The minimum absolute atomic E-state index is 0. The summed E-state index contributed by atoms with van der Waals surface area (Å²) >= 11 is 1.36. The number of benzene rings is 4. The number of aryl methyl sites for hydroxylation is 2. The Labute approximate surface area is 321 Å². The summed E-state index contributed by atoms with van der Waals surface area (Å²) in [4.78, 5) is 0. The fourth-order valence-corrected chi connectivity index (χ4v) is 6.13. The summed E-state index contributed by atoms with van der Waals surface area (Å²) in [6.45, 7) is 7.60. The van der Waals surface area contributed by atoms with Crippen LogP contribution in [-0.2, 0) is 36.2 Å². The molecule has 0 bridgehead atoms. The molecule has 48 heavy (non-hydrogen) atoms. The van der Waals surface area contributed by atoms with E-state index in [2.05, 4.69) is 142 Å². The van der Waals surface area contributed by atoms with Gasteiger partial charge in [-0.1, -0.05) is 149 Å². The van der Waals surface area contributed by atoms with Crippen molar-refractivity contribution in [3.8, 4) is 22.3 Å². The SMILES string of the molecule is CCCCCCc1cc2c(-c3ccccc3)cccc2[cH-]1.CCCCCCc1cc2c(-c3ccccc3)cccc2[cH-]1.Cl.Cl.[CH3-].[CH3-].[Si]=[Zr]. The van der Waals surface area contributed by atoms with Gasteiger partial charge >= 0.3 is 30.2 Å². The summed E-state index contributed by atoms with van der Waals surface area (Å²) < 4.78 is 0. The Morgan fingerprint density at radius 2 is 0.854 bits per heavy atom. The molecule has 0 N–H and O–H groups in total. The second kappa shape index (κ2) is 25.7. The van der Waals surface area contributed by atoms with Gasteiger partial charge in [0.2, 0.25) is 0 Å². The zero-order chi connectivity index (χ0) is 31.0. The second-order valence-electron chi connectivity index (χ2n) is 11.7. The maximum absolute atomic E-state index is 3.06. The molecule has 6 aromatic carbocycles. The molecule has 0 aliphatic heterocycles. The van der Waals surface area contributed by atoms with Gasteiger partial charge in [0.05, 0.1) is 0 Å².